The first kappa shape index (κ1) is 21.3. The average Bonchev–Trinajstić information content (AvgIpc) is 2.65. The quantitative estimate of drug-likeness (QED) is 0.531. The highest BCUT2D eigenvalue weighted by Crippen LogP contribution is 2.33. The number of carbonyl (C=O) groups excluding carboxylic acids is 1. The zero-order chi connectivity index (χ0) is 20.7. The molecule has 2 atom stereocenters. The van der Waals surface area contributed by atoms with E-state index in [1.54, 1.807) is 30.3 Å². The van der Waals surface area contributed by atoms with E-state index >= 15 is 0 Å². The molecule has 0 radical (unpaired) electrons. The fourth-order valence-corrected chi connectivity index (χ4v) is 2.30. The van der Waals surface area contributed by atoms with Crippen LogP contribution in [-0.2, 0) is 11.3 Å². The molecular weight excluding hydrogens is 381 g/mol. The highest BCUT2D eigenvalue weighted by molar-refractivity contribution is 5.67. The molecular formula is C18H19F3N2O5. The van der Waals surface area contributed by atoms with Gasteiger partial charge in [0.2, 0.25) is 0 Å². The van der Waals surface area contributed by atoms with E-state index in [0.717, 1.165) is 23.8 Å². The lowest BCUT2D eigenvalue weighted by atomic mass is 10.0. The number of amides is 1. The van der Waals surface area contributed by atoms with Crippen molar-refractivity contribution >= 4 is 11.8 Å². The van der Waals surface area contributed by atoms with E-state index in [4.69, 9.17) is 10.5 Å². The predicted octanol–water partition coefficient (Wildman–Crippen LogP) is 2.49. The van der Waals surface area contributed by atoms with Crippen LogP contribution in [0.15, 0.2) is 48.5 Å². The highest BCUT2D eigenvalue weighted by atomic mass is 19.4. The molecule has 7 nitrogen and oxygen atoms in total. The molecule has 0 bridgehead atoms. The second-order valence-electron chi connectivity index (χ2n) is 5.80. The van der Waals surface area contributed by atoms with Crippen LogP contribution in [0.5, 0.6) is 5.75 Å². The smallest absolute Gasteiger partial charge is 0.445 e. The van der Waals surface area contributed by atoms with Crippen molar-refractivity contribution in [3.8, 4) is 5.75 Å². The Kier molecular flexibility index (Phi) is 7.07. The lowest BCUT2D eigenvalue weighted by molar-refractivity contribution is -0.275. The summed E-state index contributed by atoms with van der Waals surface area (Å²) in [5.41, 5.74) is 5.96. The minimum atomic E-state index is -4.99. The highest BCUT2D eigenvalue weighted by Gasteiger charge is 2.34. The fraction of sp³-hybridized carbons (Fsp3) is 0.278. The number of alkyl halides is 3. The Balaban J connectivity index is 1.94. The lowest BCUT2D eigenvalue weighted by Gasteiger charge is -2.22. The summed E-state index contributed by atoms with van der Waals surface area (Å²) in [6.45, 7) is -0.487. The maximum atomic E-state index is 12.5. The van der Waals surface area contributed by atoms with Gasteiger partial charge in [0.05, 0.1) is 0 Å². The van der Waals surface area contributed by atoms with Crippen LogP contribution in [-0.4, -0.2) is 35.3 Å². The van der Waals surface area contributed by atoms with E-state index in [9.17, 15) is 28.2 Å². The zero-order valence-corrected chi connectivity index (χ0v) is 14.5. The molecule has 2 unspecified atom stereocenters. The summed E-state index contributed by atoms with van der Waals surface area (Å²) in [6, 6.07) is 11.9. The fourth-order valence-electron chi connectivity index (χ4n) is 2.30. The minimum Gasteiger partial charge on any atom is -0.445 e. The maximum Gasteiger partial charge on any atom is 0.573 e. The number of carbonyl (C=O) groups is 1. The van der Waals surface area contributed by atoms with Gasteiger partial charge < -0.3 is 30.7 Å². The maximum absolute atomic E-state index is 12.5. The predicted molar refractivity (Wildman–Crippen MR) is 93.1 cm³/mol. The van der Waals surface area contributed by atoms with Crippen LogP contribution in [0.4, 0.5) is 23.7 Å². The number of hydrogen-bond acceptors (Lipinski definition) is 6. The third kappa shape index (κ3) is 6.63. The van der Waals surface area contributed by atoms with Crippen LogP contribution >= 0.6 is 0 Å². The van der Waals surface area contributed by atoms with Gasteiger partial charge in [0.1, 0.15) is 24.6 Å². The minimum absolute atomic E-state index is 0.00981. The van der Waals surface area contributed by atoms with E-state index < -0.39 is 37.0 Å². The van der Waals surface area contributed by atoms with Crippen molar-refractivity contribution in [2.75, 3.05) is 12.3 Å². The van der Waals surface area contributed by atoms with Gasteiger partial charge in [-0.3, -0.25) is 0 Å². The van der Waals surface area contributed by atoms with Gasteiger partial charge in [0.15, 0.2) is 0 Å². The molecule has 0 heterocycles. The van der Waals surface area contributed by atoms with E-state index in [1.807, 2.05) is 0 Å². The number of halogens is 3. The third-order valence-electron chi connectivity index (χ3n) is 3.61. The largest absolute Gasteiger partial charge is 0.573 e. The summed E-state index contributed by atoms with van der Waals surface area (Å²) < 4.78 is 46.3. The molecule has 0 fully saturated rings. The Bertz CT molecular complexity index is 787. The first-order chi connectivity index (χ1) is 13.2. The van der Waals surface area contributed by atoms with Crippen LogP contribution in [0.1, 0.15) is 17.2 Å². The zero-order valence-electron chi connectivity index (χ0n) is 14.5. The van der Waals surface area contributed by atoms with Crippen LogP contribution in [0.3, 0.4) is 0 Å². The second-order valence-corrected chi connectivity index (χ2v) is 5.80. The van der Waals surface area contributed by atoms with E-state index in [0.29, 0.717) is 0 Å². The summed E-state index contributed by atoms with van der Waals surface area (Å²) >= 11 is 0. The van der Waals surface area contributed by atoms with Gasteiger partial charge in [-0.15, -0.1) is 13.2 Å². The molecule has 0 aromatic heterocycles. The van der Waals surface area contributed by atoms with E-state index in [-0.39, 0.29) is 17.9 Å². The lowest BCUT2D eigenvalue weighted by Crippen LogP contribution is -2.36. The summed E-state index contributed by atoms with van der Waals surface area (Å²) in [4.78, 5) is 11.7. The van der Waals surface area contributed by atoms with Crippen molar-refractivity contribution in [1.29, 1.82) is 0 Å². The molecule has 2 aromatic rings. The molecule has 1 amide bonds. The molecule has 0 spiro atoms. The summed E-state index contributed by atoms with van der Waals surface area (Å²) in [7, 11) is 0. The van der Waals surface area contributed by atoms with Crippen molar-refractivity contribution in [1.82, 2.24) is 5.32 Å². The topological polar surface area (TPSA) is 114 Å². The van der Waals surface area contributed by atoms with Gasteiger partial charge >= 0.3 is 12.5 Å². The van der Waals surface area contributed by atoms with Crippen LogP contribution < -0.4 is 15.8 Å². The number of anilines is 1. The van der Waals surface area contributed by atoms with Crippen molar-refractivity contribution in [3.63, 3.8) is 0 Å². The number of nitrogens with two attached hydrogens (primary N) is 1. The number of nitrogens with one attached hydrogen (secondary N) is 1. The molecule has 152 valence electrons. The first-order valence-electron chi connectivity index (χ1n) is 8.11. The second kappa shape index (κ2) is 9.29. The summed E-state index contributed by atoms with van der Waals surface area (Å²) in [5, 5.41) is 22.4. The van der Waals surface area contributed by atoms with Gasteiger partial charge in [-0.2, -0.15) is 0 Å². The number of ether oxygens (including phenoxy) is 2. The number of rotatable bonds is 7. The number of hydrogen-bond donors (Lipinski definition) is 4. The Morgan fingerprint density at radius 1 is 1.14 bits per heavy atom. The molecule has 0 aliphatic carbocycles. The number of nitrogen functional groups attached to an aromatic ring is 1. The Morgan fingerprint density at radius 3 is 2.46 bits per heavy atom. The van der Waals surface area contributed by atoms with E-state index in [1.165, 1.54) is 0 Å². The molecule has 28 heavy (non-hydrogen) atoms. The van der Waals surface area contributed by atoms with Crippen LogP contribution in [0.25, 0.3) is 0 Å². The van der Waals surface area contributed by atoms with Gasteiger partial charge in [0.25, 0.3) is 0 Å². The average molecular weight is 400 g/mol. The van der Waals surface area contributed by atoms with Crippen LogP contribution in [0.2, 0.25) is 0 Å². The Labute approximate surface area is 158 Å². The standard InChI is InChI=1S/C18H19F3N2O5/c19-18(20,21)28-15-7-6-12(22)8-13(15)16(25)14(24)9-23-17(26)27-10-11-4-2-1-3-5-11/h1-8,14,16,24-25H,9-10,22H2,(H,23,26). The number of aliphatic hydroxyl groups is 2. The van der Waals surface area contributed by atoms with Crippen molar-refractivity contribution in [2.45, 2.75) is 25.2 Å². The van der Waals surface area contributed by atoms with Crippen LogP contribution in [0, 0.1) is 0 Å². The Hall–Kier alpha value is -2.98. The van der Waals surface area contributed by atoms with Crippen molar-refractivity contribution in [2.24, 2.45) is 0 Å². The van der Waals surface area contributed by atoms with Gasteiger partial charge in [0, 0.05) is 17.8 Å². The Morgan fingerprint density at radius 2 is 1.82 bits per heavy atom. The molecule has 10 heteroatoms. The molecule has 0 saturated carbocycles. The molecule has 2 rings (SSSR count). The van der Waals surface area contributed by atoms with Crippen molar-refractivity contribution in [3.05, 3.63) is 59.7 Å². The molecule has 0 saturated heterocycles. The molecule has 0 aliphatic rings. The molecule has 0 aliphatic heterocycles. The van der Waals surface area contributed by atoms with Gasteiger partial charge in [-0.25, -0.2) is 4.79 Å². The van der Waals surface area contributed by atoms with Gasteiger partial charge in [-0.05, 0) is 23.8 Å². The van der Waals surface area contributed by atoms with Crippen molar-refractivity contribution < 1.29 is 37.7 Å². The number of alkyl carbamates (subject to hydrolysis) is 1. The number of aliphatic hydroxyl groups excluding tert-OH is 2. The number of benzene rings is 2. The summed E-state index contributed by atoms with van der Waals surface area (Å²) in [5.74, 6) is -0.708. The van der Waals surface area contributed by atoms with E-state index in [2.05, 4.69) is 10.1 Å². The molecule has 2 aromatic carbocycles. The normalized spacial score (nSPS) is 13.5. The SMILES string of the molecule is Nc1ccc(OC(F)(F)F)c(C(O)C(O)CNC(=O)OCc2ccccc2)c1. The third-order valence-corrected chi connectivity index (χ3v) is 3.61. The molecule has 5 N–H and O–H groups in total. The first-order valence-corrected chi connectivity index (χ1v) is 8.11. The summed E-state index contributed by atoms with van der Waals surface area (Å²) in [6.07, 6.45) is -9.29. The monoisotopic (exact) mass is 400 g/mol. The van der Waals surface area contributed by atoms with Gasteiger partial charge in [-0.1, -0.05) is 30.3 Å².